The van der Waals surface area contributed by atoms with Crippen LogP contribution in [0.25, 0.3) is 6.08 Å². The lowest BCUT2D eigenvalue weighted by molar-refractivity contribution is -0.138. The number of nitrogens with zero attached hydrogens (tertiary/aromatic N) is 1. The highest BCUT2D eigenvalue weighted by atomic mass is 16.5. The van der Waals surface area contributed by atoms with Crippen LogP contribution >= 0.6 is 0 Å². The van der Waals surface area contributed by atoms with E-state index in [4.69, 9.17) is 4.74 Å². The molecule has 0 spiro atoms. The van der Waals surface area contributed by atoms with Crippen molar-refractivity contribution in [3.05, 3.63) is 77.4 Å². The van der Waals surface area contributed by atoms with E-state index in [2.05, 4.69) is 19.1 Å². The molecule has 0 saturated carbocycles. The van der Waals surface area contributed by atoms with Gasteiger partial charge in [0.1, 0.15) is 11.6 Å². The highest BCUT2D eigenvalue weighted by molar-refractivity contribution is 5.97. The monoisotopic (exact) mass is 361 g/mol. The number of carbonyl (C=O) groups excluding carboxylic acids is 1. The Labute approximate surface area is 162 Å². The van der Waals surface area contributed by atoms with Gasteiger partial charge in [0.2, 0.25) is 0 Å². The van der Waals surface area contributed by atoms with Crippen molar-refractivity contribution in [2.45, 2.75) is 44.9 Å². The second-order valence-electron chi connectivity index (χ2n) is 6.61. The summed E-state index contributed by atoms with van der Waals surface area (Å²) in [7, 11) is 0. The van der Waals surface area contributed by atoms with Crippen molar-refractivity contribution in [2.24, 2.45) is 0 Å². The first-order valence-electron chi connectivity index (χ1n) is 9.63. The summed E-state index contributed by atoms with van der Waals surface area (Å²) in [6.45, 7) is 2.51. The van der Waals surface area contributed by atoms with Gasteiger partial charge in [0, 0.05) is 0 Å². The summed E-state index contributed by atoms with van der Waals surface area (Å²) in [4.78, 5) is 12.2. The van der Waals surface area contributed by atoms with Crippen LogP contribution < -0.4 is 0 Å². The van der Waals surface area contributed by atoms with Crippen molar-refractivity contribution in [3.8, 4) is 6.07 Å². The molecule has 0 N–H and O–H groups in total. The fourth-order valence-electron chi connectivity index (χ4n) is 3.07. The molecule has 0 fully saturated rings. The van der Waals surface area contributed by atoms with Gasteiger partial charge in [-0.3, -0.25) is 0 Å². The number of unbranched alkanes of at least 4 members (excludes halogenated alkanes) is 2. The zero-order chi connectivity index (χ0) is 19.3. The molecule has 0 aliphatic rings. The highest BCUT2D eigenvalue weighted by Crippen LogP contribution is 2.26. The fourth-order valence-corrected chi connectivity index (χ4v) is 3.07. The van der Waals surface area contributed by atoms with Gasteiger partial charge >= 0.3 is 5.97 Å². The molecule has 0 radical (unpaired) electrons. The van der Waals surface area contributed by atoms with Gasteiger partial charge in [0.05, 0.1) is 6.61 Å². The van der Waals surface area contributed by atoms with Crippen molar-refractivity contribution >= 4 is 12.0 Å². The van der Waals surface area contributed by atoms with E-state index >= 15 is 0 Å². The molecule has 1 unspecified atom stereocenters. The van der Waals surface area contributed by atoms with Crippen LogP contribution in [0.3, 0.4) is 0 Å². The topological polar surface area (TPSA) is 50.1 Å². The number of hydrogen-bond donors (Lipinski definition) is 0. The van der Waals surface area contributed by atoms with Gasteiger partial charge in [0.15, 0.2) is 0 Å². The highest BCUT2D eigenvalue weighted by Gasteiger charge is 2.15. The number of esters is 1. The summed E-state index contributed by atoms with van der Waals surface area (Å²) >= 11 is 0. The van der Waals surface area contributed by atoms with Gasteiger partial charge in [-0.1, -0.05) is 86.8 Å². The molecule has 0 amide bonds. The third kappa shape index (κ3) is 7.11. The van der Waals surface area contributed by atoms with Crippen molar-refractivity contribution in [3.63, 3.8) is 0 Å². The smallest absolute Gasteiger partial charge is 0.348 e. The van der Waals surface area contributed by atoms with E-state index in [-0.39, 0.29) is 5.57 Å². The molecule has 2 aromatic rings. The predicted molar refractivity (Wildman–Crippen MR) is 109 cm³/mol. The molecule has 140 valence electrons. The maximum atomic E-state index is 12.2. The number of ether oxygens (including phenoxy) is 1. The molecule has 3 nitrogen and oxygen atoms in total. The van der Waals surface area contributed by atoms with E-state index < -0.39 is 5.97 Å². The van der Waals surface area contributed by atoms with Gasteiger partial charge in [-0.15, -0.1) is 0 Å². The summed E-state index contributed by atoms with van der Waals surface area (Å²) in [6, 6.07) is 21.7. The Morgan fingerprint density at radius 2 is 1.70 bits per heavy atom. The molecule has 0 aliphatic heterocycles. The van der Waals surface area contributed by atoms with Crippen molar-refractivity contribution in [2.75, 3.05) is 6.61 Å². The fraction of sp³-hybridized carbons (Fsp3) is 0.333. The van der Waals surface area contributed by atoms with Gasteiger partial charge in [-0.05, 0) is 36.0 Å². The van der Waals surface area contributed by atoms with Crippen molar-refractivity contribution < 1.29 is 9.53 Å². The van der Waals surface area contributed by atoms with E-state index in [1.54, 1.807) is 6.08 Å². The summed E-state index contributed by atoms with van der Waals surface area (Å²) in [5.41, 5.74) is 2.13. The standard InChI is InChI=1S/C24H27NO2/c1-2-3-6-13-22(21-14-9-5-10-15-21)16-17-27-24(26)23(19-25)18-20-11-7-4-8-12-20/h4-5,7-12,14-15,18,22H,2-3,6,13,16-17H2,1H3. The van der Waals surface area contributed by atoms with Gasteiger partial charge in [-0.2, -0.15) is 5.26 Å². The van der Waals surface area contributed by atoms with Crippen LogP contribution in [-0.4, -0.2) is 12.6 Å². The average molecular weight is 361 g/mol. The van der Waals surface area contributed by atoms with Gasteiger partial charge < -0.3 is 4.74 Å². The zero-order valence-electron chi connectivity index (χ0n) is 15.9. The molecule has 0 saturated heterocycles. The molecular formula is C24H27NO2. The van der Waals surface area contributed by atoms with Crippen LogP contribution in [0.15, 0.2) is 66.2 Å². The van der Waals surface area contributed by atoms with Crippen LogP contribution in [-0.2, 0) is 9.53 Å². The molecule has 2 rings (SSSR count). The quantitative estimate of drug-likeness (QED) is 0.229. The SMILES string of the molecule is CCCCCC(CCOC(=O)C(C#N)=Cc1ccccc1)c1ccccc1. The Morgan fingerprint density at radius 3 is 2.33 bits per heavy atom. The minimum absolute atomic E-state index is 0.0310. The number of carbonyl (C=O) groups is 1. The molecule has 0 bridgehead atoms. The maximum Gasteiger partial charge on any atom is 0.348 e. The molecule has 0 heterocycles. The average Bonchev–Trinajstić information content (AvgIpc) is 2.72. The zero-order valence-corrected chi connectivity index (χ0v) is 15.9. The third-order valence-corrected chi connectivity index (χ3v) is 4.58. The molecule has 1 atom stereocenters. The van der Waals surface area contributed by atoms with Crippen LogP contribution in [0, 0.1) is 11.3 Å². The summed E-state index contributed by atoms with van der Waals surface area (Å²) in [5.74, 6) is -0.184. The lowest BCUT2D eigenvalue weighted by Crippen LogP contribution is -2.11. The Kier molecular flexibility index (Phi) is 8.86. The van der Waals surface area contributed by atoms with Gasteiger partial charge in [-0.25, -0.2) is 4.79 Å². The second-order valence-corrected chi connectivity index (χ2v) is 6.61. The Balaban J connectivity index is 1.93. The van der Waals surface area contributed by atoms with Crippen LogP contribution in [0.5, 0.6) is 0 Å². The van der Waals surface area contributed by atoms with E-state index in [0.717, 1.165) is 18.4 Å². The minimum Gasteiger partial charge on any atom is -0.462 e. The molecule has 27 heavy (non-hydrogen) atoms. The number of benzene rings is 2. The van der Waals surface area contributed by atoms with E-state index in [9.17, 15) is 10.1 Å². The van der Waals surface area contributed by atoms with Crippen molar-refractivity contribution in [1.29, 1.82) is 5.26 Å². The molecule has 2 aromatic carbocycles. The summed E-state index contributed by atoms with van der Waals surface area (Å²) < 4.78 is 5.40. The molecule has 3 heteroatoms. The van der Waals surface area contributed by atoms with Crippen LogP contribution in [0.4, 0.5) is 0 Å². The van der Waals surface area contributed by atoms with Crippen molar-refractivity contribution in [1.82, 2.24) is 0 Å². The lowest BCUT2D eigenvalue weighted by atomic mass is 9.90. The maximum absolute atomic E-state index is 12.2. The number of hydrogen-bond acceptors (Lipinski definition) is 3. The number of rotatable bonds is 10. The predicted octanol–water partition coefficient (Wildman–Crippen LogP) is 5.89. The third-order valence-electron chi connectivity index (χ3n) is 4.58. The minimum atomic E-state index is -0.554. The number of nitriles is 1. The summed E-state index contributed by atoms with van der Waals surface area (Å²) in [5, 5.41) is 9.27. The molecule has 0 aliphatic carbocycles. The second kappa shape index (κ2) is 11.7. The van der Waals surface area contributed by atoms with E-state index in [1.165, 1.54) is 24.8 Å². The van der Waals surface area contributed by atoms with E-state index in [0.29, 0.717) is 12.5 Å². The van der Waals surface area contributed by atoms with E-state index in [1.807, 2.05) is 54.6 Å². The Morgan fingerprint density at radius 1 is 1.04 bits per heavy atom. The Bertz CT molecular complexity index is 760. The molecule has 0 aromatic heterocycles. The first kappa shape index (κ1) is 20.5. The Hall–Kier alpha value is -2.86. The normalized spacial score (nSPS) is 12.2. The first-order valence-corrected chi connectivity index (χ1v) is 9.63. The molecular weight excluding hydrogens is 334 g/mol. The lowest BCUT2D eigenvalue weighted by Gasteiger charge is -2.17. The van der Waals surface area contributed by atoms with Crippen LogP contribution in [0.1, 0.15) is 56.1 Å². The van der Waals surface area contributed by atoms with Crippen LogP contribution in [0.2, 0.25) is 0 Å². The van der Waals surface area contributed by atoms with Gasteiger partial charge in [0.25, 0.3) is 0 Å². The largest absolute Gasteiger partial charge is 0.462 e. The summed E-state index contributed by atoms with van der Waals surface area (Å²) in [6.07, 6.45) is 6.98. The first-order chi connectivity index (χ1) is 13.2.